The van der Waals surface area contributed by atoms with Crippen LogP contribution in [0.3, 0.4) is 0 Å². The van der Waals surface area contributed by atoms with Crippen LogP contribution in [0, 0.1) is 6.92 Å². The van der Waals surface area contributed by atoms with E-state index < -0.39 is 22.9 Å². The second-order valence-corrected chi connectivity index (χ2v) is 8.33. The van der Waals surface area contributed by atoms with Crippen molar-refractivity contribution < 1.29 is 18.0 Å². The van der Waals surface area contributed by atoms with E-state index in [9.17, 15) is 18.0 Å². The summed E-state index contributed by atoms with van der Waals surface area (Å²) in [5, 5.41) is 2.57. The molecule has 3 rings (SSSR count). The number of rotatable bonds is 6. The molecule has 1 heterocycles. The second-order valence-electron chi connectivity index (χ2n) is 6.70. The summed E-state index contributed by atoms with van der Waals surface area (Å²) in [5.74, 6) is 0.103. The third-order valence-electron chi connectivity index (χ3n) is 4.36. The first-order valence-corrected chi connectivity index (χ1v) is 10.7. The van der Waals surface area contributed by atoms with Gasteiger partial charge in [-0.1, -0.05) is 60.6 Å². The van der Waals surface area contributed by atoms with E-state index in [1.165, 1.54) is 11.8 Å². The molecule has 162 valence electrons. The van der Waals surface area contributed by atoms with Gasteiger partial charge in [0.25, 0.3) is 0 Å². The lowest BCUT2D eigenvalue weighted by Crippen LogP contribution is -2.25. The monoisotopic (exact) mass is 465 g/mol. The van der Waals surface area contributed by atoms with E-state index in [0.717, 1.165) is 29.5 Å². The Hall–Kier alpha value is -2.58. The number of thioether (sulfide) groups is 1. The van der Waals surface area contributed by atoms with E-state index in [-0.39, 0.29) is 10.7 Å². The van der Waals surface area contributed by atoms with Gasteiger partial charge in [-0.25, -0.2) is 9.97 Å². The van der Waals surface area contributed by atoms with Crippen LogP contribution in [0.2, 0.25) is 5.02 Å². The van der Waals surface area contributed by atoms with Gasteiger partial charge >= 0.3 is 6.18 Å². The Kier molecular flexibility index (Phi) is 7.23. The first kappa shape index (κ1) is 23.1. The Morgan fingerprint density at radius 1 is 1.13 bits per heavy atom. The smallest absolute Gasteiger partial charge is 0.324 e. The topological polar surface area (TPSA) is 54.9 Å². The molecule has 9 heteroatoms. The number of nitrogens with zero attached hydrogens (tertiary/aromatic N) is 2. The predicted molar refractivity (Wildman–Crippen MR) is 117 cm³/mol. The molecule has 0 spiro atoms. The average Bonchev–Trinajstić information content (AvgIpc) is 2.73. The highest BCUT2D eigenvalue weighted by molar-refractivity contribution is 8.00. The summed E-state index contributed by atoms with van der Waals surface area (Å²) in [6, 6.07) is 14.2. The lowest BCUT2D eigenvalue weighted by molar-refractivity contribution is -0.137. The molecule has 0 aliphatic carbocycles. The Bertz CT molecular complexity index is 1080. The normalized spacial score (nSPS) is 12.5. The minimum atomic E-state index is -4.53. The van der Waals surface area contributed by atoms with Crippen molar-refractivity contribution in [3.8, 4) is 11.3 Å². The number of carbonyl (C=O) groups is 1. The molecule has 2 aromatic carbocycles. The van der Waals surface area contributed by atoms with Crippen LogP contribution < -0.4 is 5.32 Å². The van der Waals surface area contributed by atoms with Gasteiger partial charge in [-0.2, -0.15) is 13.2 Å². The summed E-state index contributed by atoms with van der Waals surface area (Å²) in [5.41, 5.74) is 0.686. The Labute approximate surface area is 187 Å². The number of halogens is 4. The maximum absolute atomic E-state index is 13.0. The van der Waals surface area contributed by atoms with Crippen LogP contribution in [-0.2, 0) is 11.0 Å². The lowest BCUT2D eigenvalue weighted by Gasteiger charge is -2.17. The van der Waals surface area contributed by atoms with Crippen molar-refractivity contribution in [1.29, 1.82) is 0 Å². The summed E-state index contributed by atoms with van der Waals surface area (Å²) in [4.78, 5) is 21.6. The van der Waals surface area contributed by atoms with Crippen LogP contribution in [0.4, 0.5) is 18.9 Å². The number of hydrogen-bond acceptors (Lipinski definition) is 4. The van der Waals surface area contributed by atoms with Crippen molar-refractivity contribution in [2.45, 2.75) is 36.7 Å². The molecular weight excluding hydrogens is 447 g/mol. The molecule has 0 bridgehead atoms. The molecule has 0 radical (unpaired) electrons. The Morgan fingerprint density at radius 2 is 1.84 bits per heavy atom. The predicted octanol–water partition coefficient (Wildman–Crippen LogP) is 6.63. The van der Waals surface area contributed by atoms with Crippen molar-refractivity contribution in [2.75, 3.05) is 5.32 Å². The molecule has 0 aliphatic heterocycles. The van der Waals surface area contributed by atoms with Crippen LogP contribution in [0.25, 0.3) is 11.3 Å². The molecule has 3 aromatic rings. The van der Waals surface area contributed by atoms with Crippen molar-refractivity contribution >= 4 is 35.0 Å². The fraction of sp³-hybridized carbons (Fsp3) is 0.227. The number of nitrogens with one attached hydrogen (secondary N) is 1. The highest BCUT2D eigenvalue weighted by Gasteiger charge is 2.31. The van der Waals surface area contributed by atoms with Crippen molar-refractivity contribution in [3.05, 3.63) is 71.0 Å². The van der Waals surface area contributed by atoms with E-state index >= 15 is 0 Å². The molecule has 31 heavy (non-hydrogen) atoms. The molecule has 0 saturated carbocycles. The third-order valence-corrected chi connectivity index (χ3v) is 5.97. The highest BCUT2D eigenvalue weighted by atomic mass is 35.5. The maximum Gasteiger partial charge on any atom is 0.416 e. The highest BCUT2D eigenvalue weighted by Crippen LogP contribution is 2.35. The fourth-order valence-electron chi connectivity index (χ4n) is 2.84. The van der Waals surface area contributed by atoms with E-state index in [4.69, 9.17) is 11.6 Å². The minimum Gasteiger partial charge on any atom is -0.324 e. The molecule has 0 saturated heterocycles. The van der Waals surface area contributed by atoms with Gasteiger partial charge in [0.15, 0.2) is 0 Å². The quantitative estimate of drug-likeness (QED) is 0.328. The van der Waals surface area contributed by atoms with E-state index in [2.05, 4.69) is 15.3 Å². The minimum absolute atomic E-state index is 0.0328. The number of alkyl halides is 3. The van der Waals surface area contributed by atoms with Gasteiger partial charge in [0.2, 0.25) is 5.91 Å². The first-order chi connectivity index (χ1) is 14.7. The standard InChI is InChI=1S/C22H19ClF3N3OS/c1-3-19(21(30)29-18-11-15(22(24,25)26)9-10-16(18)23)31-20-12-17(27-13(2)28-20)14-7-5-4-6-8-14/h4-12,19H,3H2,1-2H3,(H,29,30). The molecule has 1 aromatic heterocycles. The molecular formula is C22H19ClF3N3OS. The average molecular weight is 466 g/mol. The van der Waals surface area contributed by atoms with Gasteiger partial charge in [0.05, 0.1) is 27.2 Å². The number of aromatic nitrogens is 2. The van der Waals surface area contributed by atoms with E-state index in [1.807, 2.05) is 37.3 Å². The maximum atomic E-state index is 13.0. The zero-order valence-electron chi connectivity index (χ0n) is 16.7. The molecule has 0 aliphatic rings. The summed E-state index contributed by atoms with van der Waals surface area (Å²) in [7, 11) is 0. The fourth-order valence-corrected chi connectivity index (χ4v) is 3.99. The number of benzene rings is 2. The number of amides is 1. The van der Waals surface area contributed by atoms with E-state index in [1.54, 1.807) is 13.0 Å². The Morgan fingerprint density at radius 3 is 2.48 bits per heavy atom. The van der Waals surface area contributed by atoms with E-state index in [0.29, 0.717) is 17.3 Å². The zero-order valence-corrected chi connectivity index (χ0v) is 18.3. The van der Waals surface area contributed by atoms with Crippen molar-refractivity contribution in [1.82, 2.24) is 9.97 Å². The van der Waals surface area contributed by atoms with Gasteiger partial charge in [0, 0.05) is 5.56 Å². The van der Waals surface area contributed by atoms with Gasteiger partial charge in [-0.05, 0) is 37.6 Å². The van der Waals surface area contributed by atoms with Crippen LogP contribution >= 0.6 is 23.4 Å². The first-order valence-electron chi connectivity index (χ1n) is 9.42. The van der Waals surface area contributed by atoms with Crippen LogP contribution in [0.1, 0.15) is 24.7 Å². The molecule has 4 nitrogen and oxygen atoms in total. The molecule has 1 N–H and O–H groups in total. The Balaban J connectivity index is 1.81. The van der Waals surface area contributed by atoms with Crippen LogP contribution in [0.15, 0.2) is 59.6 Å². The third kappa shape index (κ3) is 5.98. The van der Waals surface area contributed by atoms with Gasteiger partial charge in [-0.15, -0.1) is 0 Å². The van der Waals surface area contributed by atoms with Gasteiger partial charge < -0.3 is 5.32 Å². The number of anilines is 1. The largest absolute Gasteiger partial charge is 0.416 e. The second kappa shape index (κ2) is 9.70. The number of carbonyl (C=O) groups excluding carboxylic acids is 1. The summed E-state index contributed by atoms with van der Waals surface area (Å²) >= 11 is 7.22. The molecule has 0 fully saturated rings. The molecule has 1 atom stereocenters. The zero-order chi connectivity index (χ0) is 22.6. The molecule has 1 unspecified atom stereocenters. The lowest BCUT2D eigenvalue weighted by atomic mass is 10.1. The summed E-state index contributed by atoms with van der Waals surface area (Å²) < 4.78 is 39.0. The number of aryl methyl sites for hydroxylation is 1. The summed E-state index contributed by atoms with van der Waals surface area (Å²) in [6.07, 6.45) is -4.09. The van der Waals surface area contributed by atoms with Crippen molar-refractivity contribution in [3.63, 3.8) is 0 Å². The SMILES string of the molecule is CCC(Sc1cc(-c2ccccc2)nc(C)n1)C(=O)Nc1cc(C(F)(F)F)ccc1Cl. The van der Waals surface area contributed by atoms with Gasteiger partial charge in [-0.3, -0.25) is 4.79 Å². The van der Waals surface area contributed by atoms with Gasteiger partial charge in [0.1, 0.15) is 10.9 Å². The van der Waals surface area contributed by atoms with Crippen molar-refractivity contribution in [2.24, 2.45) is 0 Å². The summed E-state index contributed by atoms with van der Waals surface area (Å²) in [6.45, 7) is 3.58. The number of hydrogen-bond donors (Lipinski definition) is 1. The molecule has 1 amide bonds. The van der Waals surface area contributed by atoms with Crippen LogP contribution in [0.5, 0.6) is 0 Å². The van der Waals surface area contributed by atoms with Crippen LogP contribution in [-0.4, -0.2) is 21.1 Å².